The third-order valence-electron chi connectivity index (χ3n) is 4.75. The molecule has 0 amide bonds. The molecule has 12 heteroatoms. The molecule has 0 spiro atoms. The van der Waals surface area contributed by atoms with Crippen LogP contribution in [-0.4, -0.2) is 21.5 Å². The van der Waals surface area contributed by atoms with Crippen LogP contribution in [-0.2, 0) is 12.6 Å². The van der Waals surface area contributed by atoms with E-state index in [2.05, 4.69) is 20.3 Å². The number of halogens is 7. The van der Waals surface area contributed by atoms with E-state index in [9.17, 15) is 30.7 Å². The lowest BCUT2D eigenvalue weighted by Crippen LogP contribution is -2.09. The van der Waals surface area contributed by atoms with E-state index in [1.165, 1.54) is 12.1 Å². The van der Waals surface area contributed by atoms with Crippen LogP contribution in [0.15, 0.2) is 48.9 Å². The van der Waals surface area contributed by atoms with Crippen LogP contribution >= 0.6 is 0 Å². The molecule has 0 saturated carbocycles. The van der Waals surface area contributed by atoms with Gasteiger partial charge in [-0.2, -0.15) is 13.2 Å². The molecule has 0 saturated heterocycles. The summed E-state index contributed by atoms with van der Waals surface area (Å²) >= 11 is 0. The molecule has 2 aromatic heterocycles. The summed E-state index contributed by atoms with van der Waals surface area (Å²) in [5.41, 5.74) is -1.29. The summed E-state index contributed by atoms with van der Waals surface area (Å²) in [6, 6.07) is 5.64. The van der Waals surface area contributed by atoms with Crippen LogP contribution in [0.2, 0.25) is 0 Å². The van der Waals surface area contributed by atoms with Gasteiger partial charge < -0.3 is 10.1 Å². The van der Waals surface area contributed by atoms with Crippen molar-refractivity contribution in [2.45, 2.75) is 12.6 Å². The van der Waals surface area contributed by atoms with E-state index in [0.717, 1.165) is 24.5 Å². The first-order valence-electron chi connectivity index (χ1n) is 9.65. The number of anilines is 1. The number of nitrogens with zero attached hydrogens (tertiary/aromatic N) is 3. The van der Waals surface area contributed by atoms with E-state index in [4.69, 9.17) is 4.74 Å². The Hall–Kier alpha value is -3.96. The number of ether oxygens (including phenoxy) is 1. The van der Waals surface area contributed by atoms with E-state index in [1.54, 1.807) is 0 Å². The van der Waals surface area contributed by atoms with Crippen molar-refractivity contribution in [1.29, 1.82) is 0 Å². The summed E-state index contributed by atoms with van der Waals surface area (Å²) < 4.78 is 99.2. The number of nitrogens with one attached hydrogen (secondary N) is 1. The van der Waals surface area contributed by atoms with Crippen molar-refractivity contribution in [2.24, 2.45) is 0 Å². The normalized spacial score (nSPS) is 11.6. The van der Waals surface area contributed by atoms with Gasteiger partial charge >= 0.3 is 6.18 Å². The van der Waals surface area contributed by atoms with Gasteiger partial charge in [-0.3, -0.25) is 0 Å². The Labute approximate surface area is 187 Å². The van der Waals surface area contributed by atoms with Gasteiger partial charge in [-0.05, 0) is 36.2 Å². The number of hydrogen-bond donors (Lipinski definition) is 1. The highest BCUT2D eigenvalue weighted by Crippen LogP contribution is 2.32. The molecule has 0 aliphatic heterocycles. The summed E-state index contributed by atoms with van der Waals surface area (Å²) in [5.74, 6) is -4.43. The van der Waals surface area contributed by atoms with Crippen molar-refractivity contribution in [3.8, 4) is 11.6 Å². The second kappa shape index (κ2) is 9.12. The van der Waals surface area contributed by atoms with Crippen LogP contribution < -0.4 is 10.1 Å². The molecule has 0 aliphatic rings. The number of alkyl halides is 3. The van der Waals surface area contributed by atoms with Crippen LogP contribution in [0.1, 0.15) is 11.1 Å². The largest absolute Gasteiger partial charge is 0.436 e. The fraction of sp³-hybridized carbons (Fsp3) is 0.136. The molecule has 0 unspecified atom stereocenters. The Morgan fingerprint density at radius 1 is 0.824 bits per heavy atom. The molecule has 0 atom stereocenters. The van der Waals surface area contributed by atoms with Gasteiger partial charge in [-0.15, -0.1) is 0 Å². The van der Waals surface area contributed by atoms with Crippen molar-refractivity contribution in [3.63, 3.8) is 0 Å². The summed E-state index contributed by atoms with van der Waals surface area (Å²) in [6.07, 6.45) is -3.21. The minimum absolute atomic E-state index is 0.0335. The number of pyridine rings is 1. The Balaban J connectivity index is 1.44. The lowest BCUT2D eigenvalue weighted by Gasteiger charge is -2.11. The Kier molecular flexibility index (Phi) is 6.22. The molecule has 176 valence electrons. The highest BCUT2D eigenvalue weighted by atomic mass is 19.4. The van der Waals surface area contributed by atoms with Gasteiger partial charge in [0, 0.05) is 18.8 Å². The van der Waals surface area contributed by atoms with E-state index in [1.807, 2.05) is 0 Å². The molecular weight excluding hydrogens is 469 g/mol. The quantitative estimate of drug-likeness (QED) is 0.339. The van der Waals surface area contributed by atoms with Gasteiger partial charge in [0.15, 0.2) is 5.82 Å². The van der Waals surface area contributed by atoms with Crippen LogP contribution in [0, 0.1) is 23.3 Å². The highest BCUT2D eigenvalue weighted by molar-refractivity contribution is 5.89. The van der Waals surface area contributed by atoms with Crippen molar-refractivity contribution in [1.82, 2.24) is 15.0 Å². The van der Waals surface area contributed by atoms with E-state index >= 15 is 0 Å². The number of aromatic nitrogens is 3. The summed E-state index contributed by atoms with van der Waals surface area (Å²) in [7, 11) is 0. The molecule has 0 radical (unpaired) electrons. The fourth-order valence-corrected chi connectivity index (χ4v) is 3.11. The van der Waals surface area contributed by atoms with Crippen molar-refractivity contribution in [3.05, 3.63) is 83.3 Å². The molecule has 0 bridgehead atoms. The minimum atomic E-state index is -4.77. The molecule has 5 nitrogen and oxygen atoms in total. The van der Waals surface area contributed by atoms with Gasteiger partial charge in [0.1, 0.15) is 40.9 Å². The molecule has 34 heavy (non-hydrogen) atoms. The lowest BCUT2D eigenvalue weighted by atomic mass is 10.1. The minimum Gasteiger partial charge on any atom is -0.436 e. The van der Waals surface area contributed by atoms with Gasteiger partial charge in [0.25, 0.3) is 5.88 Å². The molecule has 1 N–H and O–H groups in total. The second-order valence-electron chi connectivity index (χ2n) is 7.02. The lowest BCUT2D eigenvalue weighted by molar-refractivity contribution is -0.138. The predicted octanol–water partition coefficient (Wildman–Crippen LogP) is 6.05. The molecule has 0 aliphatic carbocycles. The first-order valence-corrected chi connectivity index (χ1v) is 9.65. The fourth-order valence-electron chi connectivity index (χ4n) is 3.11. The van der Waals surface area contributed by atoms with Crippen molar-refractivity contribution >= 4 is 16.7 Å². The van der Waals surface area contributed by atoms with Gasteiger partial charge in [-0.25, -0.2) is 32.5 Å². The van der Waals surface area contributed by atoms with E-state index in [-0.39, 0.29) is 47.1 Å². The topological polar surface area (TPSA) is 59.9 Å². The number of fused-ring (bicyclic) bond motifs is 1. The zero-order valence-corrected chi connectivity index (χ0v) is 16.9. The van der Waals surface area contributed by atoms with Crippen LogP contribution in [0.25, 0.3) is 10.9 Å². The average Bonchev–Trinajstić information content (AvgIpc) is 2.78. The monoisotopic (exact) mass is 482 g/mol. The third-order valence-corrected chi connectivity index (χ3v) is 4.75. The van der Waals surface area contributed by atoms with Crippen LogP contribution in [0.3, 0.4) is 0 Å². The van der Waals surface area contributed by atoms with Crippen LogP contribution in [0.4, 0.5) is 36.6 Å². The summed E-state index contributed by atoms with van der Waals surface area (Å²) in [5, 5.41) is 2.66. The maximum Gasteiger partial charge on any atom is 0.417 e. The SMILES string of the molecule is Fc1cc(Oc2ncc(C(F)(F)F)cc2F)ccc1CCNc1ncnc2c(F)ccc(F)c12. The van der Waals surface area contributed by atoms with Crippen LogP contribution in [0.5, 0.6) is 11.6 Å². The Bertz CT molecular complexity index is 1360. The Morgan fingerprint density at radius 2 is 1.59 bits per heavy atom. The van der Waals surface area contributed by atoms with Gasteiger partial charge in [0.2, 0.25) is 0 Å². The number of hydrogen-bond acceptors (Lipinski definition) is 5. The smallest absolute Gasteiger partial charge is 0.417 e. The summed E-state index contributed by atoms with van der Waals surface area (Å²) in [4.78, 5) is 10.9. The molecule has 2 heterocycles. The van der Waals surface area contributed by atoms with Gasteiger partial charge in [0.05, 0.1) is 10.9 Å². The van der Waals surface area contributed by atoms with Gasteiger partial charge in [-0.1, -0.05) is 6.07 Å². The van der Waals surface area contributed by atoms with E-state index in [0.29, 0.717) is 6.20 Å². The zero-order valence-electron chi connectivity index (χ0n) is 16.9. The second-order valence-corrected chi connectivity index (χ2v) is 7.02. The zero-order chi connectivity index (χ0) is 24.5. The van der Waals surface area contributed by atoms with Crippen molar-refractivity contribution in [2.75, 3.05) is 11.9 Å². The molecule has 4 aromatic rings. The highest BCUT2D eigenvalue weighted by Gasteiger charge is 2.32. The average molecular weight is 482 g/mol. The maximum atomic E-state index is 14.5. The number of benzene rings is 2. The predicted molar refractivity (Wildman–Crippen MR) is 107 cm³/mol. The Morgan fingerprint density at radius 3 is 2.29 bits per heavy atom. The van der Waals surface area contributed by atoms with Crippen molar-refractivity contribution < 1.29 is 35.5 Å². The maximum absolute atomic E-state index is 14.5. The molecular formula is C22H13F7N4O. The summed E-state index contributed by atoms with van der Waals surface area (Å²) in [6.45, 7) is 0.0915. The molecule has 0 fully saturated rings. The number of rotatable bonds is 6. The van der Waals surface area contributed by atoms with E-state index < -0.39 is 40.9 Å². The third kappa shape index (κ3) is 4.85. The first kappa shape index (κ1) is 23.2. The molecule has 2 aromatic carbocycles. The standard InChI is InChI=1S/C22H13F7N4O/c23-14-3-4-15(24)19-18(14)20(33-10-32-19)30-6-5-11-1-2-13(8-16(11)25)34-21-17(26)7-12(9-31-21)22(27,28)29/h1-4,7-10H,5-6H2,(H,30,32,33). The first-order chi connectivity index (χ1) is 16.1. The molecule has 4 rings (SSSR count).